The first-order valence-electron chi connectivity index (χ1n) is 4.56. The van der Waals surface area contributed by atoms with E-state index in [1.54, 1.807) is 22.9 Å². The summed E-state index contributed by atoms with van der Waals surface area (Å²) in [6.07, 6.45) is 2.93. The van der Waals surface area contributed by atoms with Gasteiger partial charge in [-0.1, -0.05) is 0 Å². The van der Waals surface area contributed by atoms with Crippen molar-refractivity contribution in [3.8, 4) is 6.07 Å². The number of nitrogens with zero attached hydrogens (tertiary/aromatic N) is 2. The molecule has 2 heterocycles. The molecule has 2 aromatic heterocycles. The van der Waals surface area contributed by atoms with Gasteiger partial charge in [0.2, 0.25) is 0 Å². The Balaban J connectivity index is 2.21. The fraction of sp³-hybridized carbons (Fsp3) is 0.0909. The van der Waals surface area contributed by atoms with Crippen molar-refractivity contribution in [1.29, 1.82) is 5.26 Å². The molecule has 0 radical (unpaired) electrons. The maximum absolute atomic E-state index is 10.6. The molecule has 0 spiro atoms. The highest BCUT2D eigenvalue weighted by Gasteiger charge is 2.09. The highest BCUT2D eigenvalue weighted by molar-refractivity contribution is 5.87. The first-order chi connectivity index (χ1) is 7.70. The average molecular weight is 216 g/mol. The molecule has 2 rings (SSSR count). The lowest BCUT2D eigenvalue weighted by Gasteiger charge is -2.00. The number of hydrogen-bond donors (Lipinski definition) is 1. The first-order valence-corrected chi connectivity index (χ1v) is 4.56. The van der Waals surface area contributed by atoms with Crippen LogP contribution in [0.5, 0.6) is 0 Å². The number of carbonyl (C=O) groups is 1. The monoisotopic (exact) mass is 216 g/mol. The minimum Gasteiger partial charge on any atom is -0.478 e. The normalized spacial score (nSPS) is 9.94. The van der Waals surface area contributed by atoms with Crippen LogP contribution in [-0.2, 0) is 6.54 Å². The zero-order chi connectivity index (χ0) is 11.5. The summed E-state index contributed by atoms with van der Waals surface area (Å²) in [4.78, 5) is 10.6. The second-order valence-electron chi connectivity index (χ2n) is 3.24. The van der Waals surface area contributed by atoms with E-state index in [0.29, 0.717) is 18.0 Å². The van der Waals surface area contributed by atoms with Gasteiger partial charge < -0.3 is 14.1 Å². The third-order valence-electron chi connectivity index (χ3n) is 2.17. The van der Waals surface area contributed by atoms with E-state index in [4.69, 9.17) is 14.8 Å². The molecule has 5 heteroatoms. The number of hydrogen-bond acceptors (Lipinski definition) is 3. The average Bonchev–Trinajstić information content (AvgIpc) is 2.87. The largest absolute Gasteiger partial charge is 0.478 e. The molecule has 0 aromatic carbocycles. The van der Waals surface area contributed by atoms with Crippen LogP contribution in [0.1, 0.15) is 21.8 Å². The highest BCUT2D eigenvalue weighted by Crippen LogP contribution is 2.11. The van der Waals surface area contributed by atoms with Crippen LogP contribution in [0.25, 0.3) is 0 Å². The summed E-state index contributed by atoms with van der Waals surface area (Å²) < 4.78 is 6.77. The maximum Gasteiger partial charge on any atom is 0.338 e. The maximum atomic E-state index is 10.6. The third-order valence-corrected chi connectivity index (χ3v) is 2.17. The standard InChI is InChI=1S/C11H8N2O3/c12-5-9-2-1-3-13(9)6-10-4-8(7-16-10)11(14)15/h1-4,7H,6H2,(H,14,15). The van der Waals surface area contributed by atoms with Gasteiger partial charge in [0.05, 0.1) is 12.1 Å². The fourth-order valence-corrected chi connectivity index (χ4v) is 1.40. The van der Waals surface area contributed by atoms with E-state index < -0.39 is 5.97 Å². The molecule has 2 aromatic rings. The van der Waals surface area contributed by atoms with E-state index in [9.17, 15) is 4.79 Å². The number of rotatable bonds is 3. The van der Waals surface area contributed by atoms with Crippen LogP contribution in [-0.4, -0.2) is 15.6 Å². The van der Waals surface area contributed by atoms with Gasteiger partial charge in [0, 0.05) is 6.20 Å². The zero-order valence-electron chi connectivity index (χ0n) is 8.25. The van der Waals surface area contributed by atoms with Gasteiger partial charge in [-0.05, 0) is 18.2 Å². The van der Waals surface area contributed by atoms with Crippen molar-refractivity contribution in [1.82, 2.24) is 4.57 Å². The zero-order valence-corrected chi connectivity index (χ0v) is 8.25. The summed E-state index contributed by atoms with van der Waals surface area (Å²) in [6.45, 7) is 0.350. The second kappa shape index (κ2) is 3.95. The summed E-state index contributed by atoms with van der Waals surface area (Å²) in [7, 11) is 0. The van der Waals surface area contributed by atoms with Crippen molar-refractivity contribution in [2.24, 2.45) is 0 Å². The van der Waals surface area contributed by atoms with Crippen LogP contribution in [0.2, 0.25) is 0 Å². The van der Waals surface area contributed by atoms with E-state index in [1.165, 1.54) is 12.3 Å². The Morgan fingerprint density at radius 1 is 1.62 bits per heavy atom. The molecule has 0 fully saturated rings. The SMILES string of the molecule is N#Cc1cccn1Cc1cc(C(=O)O)co1. The molecule has 0 saturated carbocycles. The molecule has 16 heavy (non-hydrogen) atoms. The predicted molar refractivity (Wildman–Crippen MR) is 53.9 cm³/mol. The van der Waals surface area contributed by atoms with E-state index in [0.717, 1.165) is 0 Å². The summed E-state index contributed by atoms with van der Waals surface area (Å²) in [6, 6.07) is 6.91. The molecule has 0 aliphatic heterocycles. The molecule has 0 aliphatic rings. The molecule has 5 nitrogen and oxygen atoms in total. The molecule has 0 amide bonds. The molecule has 1 N–H and O–H groups in total. The van der Waals surface area contributed by atoms with Crippen LogP contribution >= 0.6 is 0 Å². The minimum atomic E-state index is -1.02. The summed E-state index contributed by atoms with van der Waals surface area (Å²) >= 11 is 0. The molecule has 0 aliphatic carbocycles. The lowest BCUT2D eigenvalue weighted by molar-refractivity contribution is 0.0696. The molecular formula is C11H8N2O3. The molecule has 0 atom stereocenters. The molecule has 0 saturated heterocycles. The molecule has 0 bridgehead atoms. The third kappa shape index (κ3) is 1.81. The van der Waals surface area contributed by atoms with Crippen LogP contribution in [0.15, 0.2) is 35.1 Å². The smallest absolute Gasteiger partial charge is 0.338 e. The van der Waals surface area contributed by atoms with E-state index in [-0.39, 0.29) is 5.56 Å². The Labute approximate surface area is 91.1 Å². The number of aromatic carboxylic acids is 1. The van der Waals surface area contributed by atoms with Crippen molar-refractivity contribution in [3.63, 3.8) is 0 Å². The summed E-state index contributed by atoms with van der Waals surface area (Å²) in [5.74, 6) is -0.520. The number of nitriles is 1. The Bertz CT molecular complexity index is 560. The van der Waals surface area contributed by atoms with Gasteiger partial charge in [0.15, 0.2) is 0 Å². The van der Waals surface area contributed by atoms with Gasteiger partial charge in [0.1, 0.15) is 23.8 Å². The Hall–Kier alpha value is -2.48. The minimum absolute atomic E-state index is 0.112. The molecule has 80 valence electrons. The van der Waals surface area contributed by atoms with E-state index in [1.807, 2.05) is 6.07 Å². The number of carboxylic acids is 1. The lowest BCUT2D eigenvalue weighted by Crippen LogP contribution is -1.99. The van der Waals surface area contributed by atoms with E-state index >= 15 is 0 Å². The second-order valence-corrected chi connectivity index (χ2v) is 3.24. The van der Waals surface area contributed by atoms with Crippen LogP contribution in [0, 0.1) is 11.3 Å². The lowest BCUT2D eigenvalue weighted by atomic mass is 10.3. The molecular weight excluding hydrogens is 208 g/mol. The number of aromatic nitrogens is 1. The van der Waals surface area contributed by atoms with Crippen LogP contribution < -0.4 is 0 Å². The van der Waals surface area contributed by atoms with Gasteiger partial charge in [0.25, 0.3) is 0 Å². The van der Waals surface area contributed by atoms with Gasteiger partial charge in [-0.25, -0.2) is 4.79 Å². The first kappa shape index (κ1) is 10.1. The number of furan rings is 1. The van der Waals surface area contributed by atoms with Crippen molar-refractivity contribution in [2.45, 2.75) is 6.54 Å². The Morgan fingerprint density at radius 2 is 2.44 bits per heavy atom. The van der Waals surface area contributed by atoms with Gasteiger partial charge >= 0.3 is 5.97 Å². The van der Waals surface area contributed by atoms with Gasteiger partial charge in [-0.2, -0.15) is 5.26 Å². The predicted octanol–water partition coefficient (Wildman–Crippen LogP) is 1.70. The number of carboxylic acid groups (broad SMARTS) is 1. The van der Waals surface area contributed by atoms with Crippen molar-refractivity contribution >= 4 is 5.97 Å². The van der Waals surface area contributed by atoms with Crippen LogP contribution in [0.3, 0.4) is 0 Å². The summed E-state index contributed by atoms with van der Waals surface area (Å²) in [5, 5.41) is 17.5. The quantitative estimate of drug-likeness (QED) is 0.846. The van der Waals surface area contributed by atoms with Crippen molar-refractivity contribution in [2.75, 3.05) is 0 Å². The van der Waals surface area contributed by atoms with Crippen molar-refractivity contribution < 1.29 is 14.3 Å². The topological polar surface area (TPSA) is 79.2 Å². The van der Waals surface area contributed by atoms with Gasteiger partial charge in [-0.15, -0.1) is 0 Å². The van der Waals surface area contributed by atoms with Crippen molar-refractivity contribution in [3.05, 3.63) is 47.7 Å². The summed E-state index contributed by atoms with van der Waals surface area (Å²) in [5.41, 5.74) is 0.619. The molecule has 0 unspecified atom stereocenters. The van der Waals surface area contributed by atoms with Crippen LogP contribution in [0.4, 0.5) is 0 Å². The highest BCUT2D eigenvalue weighted by atomic mass is 16.4. The van der Waals surface area contributed by atoms with E-state index in [2.05, 4.69) is 0 Å². The Kier molecular flexibility index (Phi) is 2.48. The fourth-order valence-electron chi connectivity index (χ4n) is 1.40. The van der Waals surface area contributed by atoms with Gasteiger partial charge in [-0.3, -0.25) is 0 Å². The Morgan fingerprint density at radius 3 is 3.06 bits per heavy atom.